The fourth-order valence-electron chi connectivity index (χ4n) is 2.34. The summed E-state index contributed by atoms with van der Waals surface area (Å²) in [5.74, 6) is -1.45. The zero-order valence-corrected chi connectivity index (χ0v) is 17.5. The maximum absolute atomic E-state index is 12.0. The van der Waals surface area contributed by atoms with Gasteiger partial charge in [0.15, 0.2) is 6.61 Å². The lowest BCUT2D eigenvalue weighted by molar-refractivity contribution is -0.196. The Morgan fingerprint density at radius 2 is 1.67 bits per heavy atom. The maximum atomic E-state index is 12.0. The Kier molecular flexibility index (Phi) is 12.7. The van der Waals surface area contributed by atoms with E-state index in [9.17, 15) is 19.2 Å². The molecule has 0 saturated heterocycles. The highest BCUT2D eigenvalue weighted by molar-refractivity contribution is 5.82. The zero-order valence-electron chi connectivity index (χ0n) is 17.5. The van der Waals surface area contributed by atoms with Crippen LogP contribution in [0.2, 0.25) is 0 Å². The highest BCUT2D eigenvalue weighted by Gasteiger charge is 2.18. The minimum Gasteiger partial charge on any atom is -0.458 e. The van der Waals surface area contributed by atoms with Crippen molar-refractivity contribution < 1.29 is 33.4 Å². The molecule has 0 aromatic heterocycles. The van der Waals surface area contributed by atoms with E-state index in [4.69, 9.17) is 14.2 Å². The van der Waals surface area contributed by atoms with Crippen molar-refractivity contribution in [3.63, 3.8) is 0 Å². The number of benzene rings is 1. The zero-order chi connectivity index (χ0) is 22.2. The number of ketones is 1. The van der Waals surface area contributed by atoms with Gasteiger partial charge in [-0.25, -0.2) is 0 Å². The number of Topliss-reactive ketones (excluding diaryl/α,β-unsaturated/α-hetero) is 1. The largest absolute Gasteiger partial charge is 0.458 e. The molecule has 1 amide bonds. The van der Waals surface area contributed by atoms with Gasteiger partial charge in [-0.2, -0.15) is 0 Å². The number of ether oxygens (including phenoxy) is 3. The smallest absolute Gasteiger partial charge is 0.327 e. The molecule has 0 aliphatic heterocycles. The molecule has 0 saturated carbocycles. The number of carbonyl (C=O) groups is 4. The molecule has 2 N–H and O–H groups in total. The van der Waals surface area contributed by atoms with Crippen LogP contribution in [0.5, 0.6) is 0 Å². The molecule has 0 spiro atoms. The van der Waals surface area contributed by atoms with Crippen molar-refractivity contribution in [2.24, 2.45) is 0 Å². The summed E-state index contributed by atoms with van der Waals surface area (Å²) >= 11 is 0. The Balaban J connectivity index is 2.43. The van der Waals surface area contributed by atoms with Crippen LogP contribution < -0.4 is 10.6 Å². The first-order valence-corrected chi connectivity index (χ1v) is 9.82. The molecule has 9 nitrogen and oxygen atoms in total. The molecule has 0 aliphatic carbocycles. The summed E-state index contributed by atoms with van der Waals surface area (Å²) in [6.07, 6.45) is 0.731. The lowest BCUT2D eigenvalue weighted by Crippen LogP contribution is -2.35. The van der Waals surface area contributed by atoms with Crippen molar-refractivity contribution in [1.82, 2.24) is 10.6 Å². The van der Waals surface area contributed by atoms with Gasteiger partial charge in [0, 0.05) is 12.8 Å². The van der Waals surface area contributed by atoms with Gasteiger partial charge in [-0.05, 0) is 32.4 Å². The number of carbonyl (C=O) groups excluding carboxylic acids is 4. The van der Waals surface area contributed by atoms with Gasteiger partial charge < -0.3 is 29.6 Å². The molecule has 0 radical (unpaired) electrons. The van der Waals surface area contributed by atoms with Crippen LogP contribution >= 0.6 is 0 Å². The third-order valence-electron chi connectivity index (χ3n) is 3.86. The van der Waals surface area contributed by atoms with E-state index >= 15 is 0 Å². The van der Waals surface area contributed by atoms with Crippen LogP contribution in [0.1, 0.15) is 38.2 Å². The molecule has 1 rings (SSSR count). The summed E-state index contributed by atoms with van der Waals surface area (Å²) in [7, 11) is 1.60. The summed E-state index contributed by atoms with van der Waals surface area (Å²) in [5.41, 5.74) is 0.860. The second kappa shape index (κ2) is 15.1. The Morgan fingerprint density at radius 3 is 2.33 bits per heavy atom. The van der Waals surface area contributed by atoms with Crippen LogP contribution in [0.3, 0.4) is 0 Å². The van der Waals surface area contributed by atoms with Crippen molar-refractivity contribution in [1.29, 1.82) is 0 Å². The lowest BCUT2D eigenvalue weighted by atomic mass is 10.1. The monoisotopic (exact) mass is 422 g/mol. The van der Waals surface area contributed by atoms with Gasteiger partial charge in [-0.1, -0.05) is 30.3 Å². The first-order chi connectivity index (χ1) is 14.4. The first kappa shape index (κ1) is 25.3. The van der Waals surface area contributed by atoms with Gasteiger partial charge in [0.25, 0.3) is 0 Å². The number of unbranched alkanes of at least 4 members (excludes halogenated alkanes) is 1. The molecule has 0 bridgehead atoms. The Hall–Kier alpha value is -2.78. The fourth-order valence-corrected chi connectivity index (χ4v) is 2.34. The fraction of sp³-hybridized carbons (Fsp3) is 0.524. The van der Waals surface area contributed by atoms with Crippen LogP contribution in [-0.2, 0) is 40.0 Å². The van der Waals surface area contributed by atoms with Crippen LogP contribution in [0.4, 0.5) is 0 Å². The van der Waals surface area contributed by atoms with Crippen molar-refractivity contribution in [3.8, 4) is 0 Å². The molecular formula is C21H30N2O7. The summed E-state index contributed by atoms with van der Waals surface area (Å²) in [5, 5.41) is 5.12. The summed E-state index contributed by atoms with van der Waals surface area (Å²) in [4.78, 5) is 46.2. The number of hydrogen-bond acceptors (Lipinski definition) is 8. The molecule has 1 atom stereocenters. The van der Waals surface area contributed by atoms with Gasteiger partial charge in [0.05, 0.1) is 13.2 Å². The summed E-state index contributed by atoms with van der Waals surface area (Å²) in [6.45, 7) is 1.07. The molecule has 0 heterocycles. The highest BCUT2D eigenvalue weighted by Crippen LogP contribution is 2.06. The molecule has 1 unspecified atom stereocenters. The topological polar surface area (TPSA) is 120 Å². The quantitative estimate of drug-likeness (QED) is 0.245. The van der Waals surface area contributed by atoms with E-state index in [-0.39, 0.29) is 44.4 Å². The summed E-state index contributed by atoms with van der Waals surface area (Å²) < 4.78 is 15.8. The number of esters is 2. The number of hydrogen-bond donors (Lipinski definition) is 2. The van der Waals surface area contributed by atoms with Crippen molar-refractivity contribution in [3.05, 3.63) is 35.9 Å². The number of likely N-dealkylation sites (N-methyl/N-ethyl adjacent to an activating group) is 1. The van der Waals surface area contributed by atoms with E-state index in [0.29, 0.717) is 19.3 Å². The molecule has 9 heteroatoms. The molecule has 1 aromatic carbocycles. The molecular weight excluding hydrogens is 392 g/mol. The van der Waals surface area contributed by atoms with Gasteiger partial charge in [0.1, 0.15) is 12.3 Å². The third kappa shape index (κ3) is 12.6. The highest BCUT2D eigenvalue weighted by atomic mass is 16.7. The summed E-state index contributed by atoms with van der Waals surface area (Å²) in [6, 6.07) is 9.25. The van der Waals surface area contributed by atoms with Crippen LogP contribution in [0.25, 0.3) is 0 Å². The number of amides is 1. The minimum atomic E-state index is -1.11. The molecule has 0 fully saturated rings. The first-order valence-electron chi connectivity index (χ1n) is 9.82. The van der Waals surface area contributed by atoms with Crippen molar-refractivity contribution >= 4 is 23.6 Å². The van der Waals surface area contributed by atoms with Crippen molar-refractivity contribution in [2.45, 2.75) is 45.5 Å². The standard InChI is InChI=1S/C21H30N2O7/c1-16(24)8-6-7-11-18(25)23-13-20(27)30-21(15-28-19(26)12-22-2)29-14-17-9-4-3-5-10-17/h3-5,9-10,21-22H,6-8,11-15H2,1-2H3,(H,23,25). The second-order valence-corrected chi connectivity index (χ2v) is 6.62. The van der Waals surface area contributed by atoms with E-state index in [1.54, 1.807) is 7.05 Å². The number of rotatable bonds is 15. The van der Waals surface area contributed by atoms with Gasteiger partial charge >= 0.3 is 11.9 Å². The Bertz CT molecular complexity index is 679. The average Bonchev–Trinajstić information content (AvgIpc) is 2.72. The SMILES string of the molecule is CNCC(=O)OCC(OCc1ccccc1)OC(=O)CNC(=O)CCCCC(C)=O. The van der Waals surface area contributed by atoms with Crippen molar-refractivity contribution in [2.75, 3.05) is 26.7 Å². The van der Waals surface area contributed by atoms with E-state index in [0.717, 1.165) is 5.56 Å². The third-order valence-corrected chi connectivity index (χ3v) is 3.86. The van der Waals surface area contributed by atoms with Gasteiger partial charge in [-0.15, -0.1) is 0 Å². The average molecular weight is 422 g/mol. The van der Waals surface area contributed by atoms with E-state index in [2.05, 4.69) is 10.6 Å². The lowest BCUT2D eigenvalue weighted by Gasteiger charge is -2.19. The van der Waals surface area contributed by atoms with Crippen LogP contribution in [0.15, 0.2) is 30.3 Å². The molecule has 166 valence electrons. The number of nitrogens with one attached hydrogen (secondary N) is 2. The Labute approximate surface area is 176 Å². The minimum absolute atomic E-state index is 0.0129. The Morgan fingerprint density at radius 1 is 0.967 bits per heavy atom. The normalized spacial score (nSPS) is 11.4. The van der Waals surface area contributed by atoms with Gasteiger partial charge in [-0.3, -0.25) is 14.4 Å². The van der Waals surface area contributed by atoms with E-state index < -0.39 is 18.2 Å². The van der Waals surface area contributed by atoms with E-state index in [1.165, 1.54) is 6.92 Å². The van der Waals surface area contributed by atoms with Gasteiger partial charge in [0.2, 0.25) is 12.2 Å². The molecule has 1 aromatic rings. The van der Waals surface area contributed by atoms with Crippen LogP contribution in [0, 0.1) is 0 Å². The molecule has 0 aliphatic rings. The second-order valence-electron chi connectivity index (χ2n) is 6.62. The van der Waals surface area contributed by atoms with Crippen LogP contribution in [-0.4, -0.2) is 56.7 Å². The predicted molar refractivity (Wildman–Crippen MR) is 108 cm³/mol. The maximum Gasteiger partial charge on any atom is 0.327 e. The predicted octanol–water partition coefficient (Wildman–Crippen LogP) is 1.10. The molecule has 30 heavy (non-hydrogen) atoms. The van der Waals surface area contributed by atoms with E-state index in [1.807, 2.05) is 30.3 Å².